The smallest absolute Gasteiger partial charge is 0.261 e. The Hall–Kier alpha value is -2.92. The maximum Gasteiger partial charge on any atom is 0.261 e. The van der Waals surface area contributed by atoms with Gasteiger partial charge in [0.05, 0.1) is 19.9 Å². The maximum atomic E-state index is 12.8. The summed E-state index contributed by atoms with van der Waals surface area (Å²) in [4.78, 5) is 14.4. The molecule has 0 aliphatic carbocycles. The Balaban J connectivity index is 1.67. The van der Waals surface area contributed by atoms with Gasteiger partial charge in [-0.25, -0.2) is 0 Å². The highest BCUT2D eigenvalue weighted by atomic mass is 35.5. The number of carbonyl (C=O) groups excluding carboxylic acids is 1. The molecule has 0 saturated heterocycles. The van der Waals surface area contributed by atoms with Gasteiger partial charge in [-0.2, -0.15) is 0 Å². The van der Waals surface area contributed by atoms with Gasteiger partial charge in [-0.3, -0.25) is 4.79 Å². The van der Waals surface area contributed by atoms with E-state index in [1.165, 1.54) is 0 Å². The minimum absolute atomic E-state index is 0.0758. The molecule has 1 heterocycles. The largest absolute Gasteiger partial charge is 0.497 e. The quantitative estimate of drug-likeness (QED) is 0.570. The number of halogens is 1. The number of ether oxygens (including phenoxy) is 2. The SMILES string of the molecule is COc1ccc(OCC(=O)N(Cc2cccc(Cl)c2)Cc2ccco2)cc1. The van der Waals surface area contributed by atoms with Crippen LogP contribution in [0.3, 0.4) is 0 Å². The van der Waals surface area contributed by atoms with Crippen LogP contribution < -0.4 is 9.47 Å². The zero-order valence-electron chi connectivity index (χ0n) is 14.9. The van der Waals surface area contributed by atoms with E-state index in [4.69, 9.17) is 25.5 Å². The molecule has 1 aromatic heterocycles. The van der Waals surface area contributed by atoms with Crippen molar-refractivity contribution < 1.29 is 18.7 Å². The van der Waals surface area contributed by atoms with Crippen molar-refractivity contribution in [2.24, 2.45) is 0 Å². The van der Waals surface area contributed by atoms with E-state index < -0.39 is 0 Å². The molecular weight excluding hydrogens is 366 g/mol. The van der Waals surface area contributed by atoms with Crippen LogP contribution in [0.15, 0.2) is 71.3 Å². The van der Waals surface area contributed by atoms with Gasteiger partial charge < -0.3 is 18.8 Å². The predicted molar refractivity (Wildman–Crippen MR) is 103 cm³/mol. The summed E-state index contributed by atoms with van der Waals surface area (Å²) in [5.74, 6) is 1.89. The Kier molecular flexibility index (Phi) is 6.39. The van der Waals surface area contributed by atoms with Crippen molar-refractivity contribution in [2.75, 3.05) is 13.7 Å². The fourth-order valence-corrected chi connectivity index (χ4v) is 2.80. The third kappa shape index (κ3) is 5.53. The van der Waals surface area contributed by atoms with Crippen LogP contribution >= 0.6 is 11.6 Å². The van der Waals surface area contributed by atoms with Crippen LogP contribution in [0, 0.1) is 0 Å². The Labute approximate surface area is 163 Å². The van der Waals surface area contributed by atoms with Crippen LogP contribution in [0.1, 0.15) is 11.3 Å². The molecule has 3 rings (SSSR count). The molecule has 2 aromatic carbocycles. The molecule has 0 atom stereocenters. The Bertz CT molecular complexity index is 862. The summed E-state index contributed by atoms with van der Waals surface area (Å²) < 4.78 is 16.1. The molecule has 140 valence electrons. The van der Waals surface area contributed by atoms with Crippen LogP contribution in [0.5, 0.6) is 11.5 Å². The molecule has 5 nitrogen and oxygen atoms in total. The number of amides is 1. The number of nitrogens with zero attached hydrogens (tertiary/aromatic N) is 1. The Morgan fingerprint density at radius 2 is 1.81 bits per heavy atom. The first-order valence-corrected chi connectivity index (χ1v) is 8.83. The van der Waals surface area contributed by atoms with Crippen molar-refractivity contribution in [3.05, 3.63) is 83.3 Å². The van der Waals surface area contributed by atoms with E-state index in [1.807, 2.05) is 24.3 Å². The lowest BCUT2D eigenvalue weighted by atomic mass is 10.2. The van der Waals surface area contributed by atoms with Crippen LogP contribution in [0.25, 0.3) is 0 Å². The Morgan fingerprint density at radius 3 is 2.48 bits per heavy atom. The van der Waals surface area contributed by atoms with Crippen molar-refractivity contribution in [1.29, 1.82) is 0 Å². The summed E-state index contributed by atoms with van der Waals surface area (Å²) in [6.07, 6.45) is 1.59. The molecule has 3 aromatic rings. The topological polar surface area (TPSA) is 51.9 Å². The van der Waals surface area contributed by atoms with Gasteiger partial charge in [0.25, 0.3) is 5.91 Å². The minimum Gasteiger partial charge on any atom is -0.497 e. The zero-order valence-corrected chi connectivity index (χ0v) is 15.7. The third-order valence-corrected chi connectivity index (χ3v) is 4.20. The summed E-state index contributed by atoms with van der Waals surface area (Å²) in [6.45, 7) is 0.685. The monoisotopic (exact) mass is 385 g/mol. The van der Waals surface area contributed by atoms with Crippen LogP contribution in [0.4, 0.5) is 0 Å². The molecule has 0 aliphatic heterocycles. The summed E-state index contributed by atoms with van der Waals surface area (Å²) in [5.41, 5.74) is 0.937. The van der Waals surface area contributed by atoms with Gasteiger partial charge in [0.15, 0.2) is 6.61 Å². The molecule has 6 heteroatoms. The van der Waals surface area contributed by atoms with Gasteiger partial charge >= 0.3 is 0 Å². The number of hydrogen-bond donors (Lipinski definition) is 0. The van der Waals surface area contributed by atoms with Crippen molar-refractivity contribution in [3.8, 4) is 11.5 Å². The zero-order chi connectivity index (χ0) is 19.1. The molecular formula is C21H20ClNO4. The number of hydrogen-bond acceptors (Lipinski definition) is 4. The van der Waals surface area contributed by atoms with E-state index in [2.05, 4.69) is 0 Å². The van der Waals surface area contributed by atoms with Crippen LogP contribution in [-0.2, 0) is 17.9 Å². The lowest BCUT2D eigenvalue weighted by Gasteiger charge is -2.22. The van der Waals surface area contributed by atoms with Gasteiger partial charge in [-0.15, -0.1) is 0 Å². The molecule has 0 bridgehead atoms. The van der Waals surface area contributed by atoms with Crippen LogP contribution in [-0.4, -0.2) is 24.5 Å². The van der Waals surface area contributed by atoms with Gasteiger partial charge in [0.2, 0.25) is 0 Å². The lowest BCUT2D eigenvalue weighted by molar-refractivity contribution is -0.134. The van der Waals surface area contributed by atoms with Crippen molar-refractivity contribution in [1.82, 2.24) is 4.90 Å². The number of rotatable bonds is 8. The van der Waals surface area contributed by atoms with Crippen LogP contribution in [0.2, 0.25) is 5.02 Å². The van der Waals surface area contributed by atoms with E-state index in [0.717, 1.165) is 11.3 Å². The highest BCUT2D eigenvalue weighted by Crippen LogP contribution is 2.18. The van der Waals surface area contributed by atoms with Gasteiger partial charge in [-0.1, -0.05) is 23.7 Å². The molecule has 0 saturated carbocycles. The predicted octanol–water partition coefficient (Wildman–Crippen LogP) is 4.55. The van der Waals surface area contributed by atoms with E-state index in [0.29, 0.717) is 29.6 Å². The van der Waals surface area contributed by atoms with E-state index in [-0.39, 0.29) is 12.5 Å². The molecule has 27 heavy (non-hydrogen) atoms. The highest BCUT2D eigenvalue weighted by molar-refractivity contribution is 6.30. The van der Waals surface area contributed by atoms with Gasteiger partial charge in [-0.05, 0) is 54.1 Å². The maximum absolute atomic E-state index is 12.8. The van der Waals surface area contributed by atoms with E-state index in [1.54, 1.807) is 54.7 Å². The average Bonchev–Trinajstić information content (AvgIpc) is 3.19. The second kappa shape index (κ2) is 9.14. The second-order valence-electron chi connectivity index (χ2n) is 5.92. The standard InChI is InChI=1S/C21H20ClNO4/c1-25-18-7-9-19(10-8-18)27-15-21(24)23(14-20-6-3-11-26-20)13-16-4-2-5-17(22)12-16/h2-12H,13-15H2,1H3. The first-order valence-electron chi connectivity index (χ1n) is 8.45. The van der Waals surface area contributed by atoms with Gasteiger partial charge in [0, 0.05) is 11.6 Å². The molecule has 0 aliphatic rings. The van der Waals surface area contributed by atoms with Crippen molar-refractivity contribution in [2.45, 2.75) is 13.1 Å². The van der Waals surface area contributed by atoms with Crippen molar-refractivity contribution >= 4 is 17.5 Å². The molecule has 0 N–H and O–H groups in total. The average molecular weight is 386 g/mol. The second-order valence-corrected chi connectivity index (χ2v) is 6.36. The summed E-state index contributed by atoms with van der Waals surface area (Å²) >= 11 is 6.06. The fourth-order valence-electron chi connectivity index (χ4n) is 2.59. The number of furan rings is 1. The van der Waals surface area contributed by atoms with E-state index in [9.17, 15) is 4.79 Å². The summed E-state index contributed by atoms with van der Waals surface area (Å²) in [5, 5.41) is 0.632. The summed E-state index contributed by atoms with van der Waals surface area (Å²) in [7, 11) is 1.60. The van der Waals surface area contributed by atoms with Crippen molar-refractivity contribution in [3.63, 3.8) is 0 Å². The number of carbonyl (C=O) groups is 1. The fraction of sp³-hybridized carbons (Fsp3) is 0.190. The molecule has 0 fully saturated rings. The molecule has 0 spiro atoms. The first kappa shape index (κ1) is 18.9. The molecule has 1 amide bonds. The minimum atomic E-state index is -0.151. The molecule has 0 unspecified atom stereocenters. The number of methoxy groups -OCH3 is 1. The third-order valence-electron chi connectivity index (χ3n) is 3.96. The first-order chi connectivity index (χ1) is 13.1. The highest BCUT2D eigenvalue weighted by Gasteiger charge is 2.17. The number of benzene rings is 2. The molecule has 0 radical (unpaired) electrons. The normalized spacial score (nSPS) is 10.4. The summed E-state index contributed by atoms with van der Waals surface area (Å²) in [6, 6.07) is 18.2. The van der Waals surface area contributed by atoms with E-state index >= 15 is 0 Å². The van der Waals surface area contributed by atoms with Gasteiger partial charge in [0.1, 0.15) is 17.3 Å². The lowest BCUT2D eigenvalue weighted by Crippen LogP contribution is -2.34. The Morgan fingerprint density at radius 1 is 1.04 bits per heavy atom.